The largest absolute Gasteiger partial charge is 0.481 e. The third-order valence-corrected chi connectivity index (χ3v) is 2.95. The molecule has 0 saturated carbocycles. The number of hydrogen-bond acceptors (Lipinski definition) is 6. The van der Waals surface area contributed by atoms with Crippen molar-refractivity contribution in [1.29, 1.82) is 0 Å². The number of hydrogen-bond donors (Lipinski definition) is 7. The fourth-order valence-corrected chi connectivity index (χ4v) is 1.70. The SMILES string of the molecule is O=C(O)CC[C@H](NC(=O)N[C@@H](CCC(=O)NCCO)C(=O)O)C(=O)O. The van der Waals surface area contributed by atoms with E-state index in [1.165, 1.54) is 0 Å². The van der Waals surface area contributed by atoms with Crippen LogP contribution in [0.15, 0.2) is 0 Å². The molecular weight excluding hydrogens is 342 g/mol. The predicted octanol–water partition coefficient (Wildman–Crippen LogP) is -2.05. The highest BCUT2D eigenvalue weighted by atomic mass is 16.4. The Balaban J connectivity index is 4.55. The molecule has 0 radical (unpaired) electrons. The molecule has 0 unspecified atom stereocenters. The maximum absolute atomic E-state index is 11.7. The Kier molecular flexibility index (Phi) is 10.3. The molecule has 7 N–H and O–H groups in total. The summed E-state index contributed by atoms with van der Waals surface area (Å²) in [5, 5.41) is 41.3. The average molecular weight is 363 g/mol. The van der Waals surface area contributed by atoms with Gasteiger partial charge in [0.2, 0.25) is 5.91 Å². The summed E-state index contributed by atoms with van der Waals surface area (Å²) in [7, 11) is 0. The zero-order valence-electron chi connectivity index (χ0n) is 13.2. The van der Waals surface area contributed by atoms with E-state index < -0.39 is 48.4 Å². The van der Waals surface area contributed by atoms with Gasteiger partial charge in [-0.3, -0.25) is 9.59 Å². The highest BCUT2D eigenvalue weighted by Gasteiger charge is 2.25. The molecule has 3 amide bonds. The molecule has 0 aromatic carbocycles. The fraction of sp³-hybridized carbons (Fsp3) is 0.615. The van der Waals surface area contributed by atoms with Crippen LogP contribution in [0.4, 0.5) is 4.79 Å². The van der Waals surface area contributed by atoms with Crippen molar-refractivity contribution in [2.24, 2.45) is 0 Å². The van der Waals surface area contributed by atoms with Gasteiger partial charge in [0.1, 0.15) is 12.1 Å². The van der Waals surface area contributed by atoms with Gasteiger partial charge in [0.05, 0.1) is 6.61 Å². The summed E-state index contributed by atoms with van der Waals surface area (Å²) in [5.74, 6) is -4.66. The van der Waals surface area contributed by atoms with Crippen LogP contribution in [0.5, 0.6) is 0 Å². The Bertz CT molecular complexity index is 509. The van der Waals surface area contributed by atoms with Crippen molar-refractivity contribution in [3.63, 3.8) is 0 Å². The highest BCUT2D eigenvalue weighted by molar-refractivity contribution is 5.86. The van der Waals surface area contributed by atoms with Gasteiger partial charge in [-0.05, 0) is 12.8 Å². The number of aliphatic hydroxyl groups excluding tert-OH is 1. The maximum atomic E-state index is 11.7. The van der Waals surface area contributed by atoms with Crippen molar-refractivity contribution in [3.8, 4) is 0 Å². The van der Waals surface area contributed by atoms with Gasteiger partial charge in [-0.1, -0.05) is 0 Å². The number of nitrogens with one attached hydrogen (secondary N) is 3. The summed E-state index contributed by atoms with van der Waals surface area (Å²) in [6, 6.07) is -4.06. The van der Waals surface area contributed by atoms with Crippen LogP contribution in [0, 0.1) is 0 Å². The molecule has 0 aromatic rings. The zero-order valence-corrected chi connectivity index (χ0v) is 13.2. The van der Waals surface area contributed by atoms with E-state index >= 15 is 0 Å². The molecule has 0 spiro atoms. The molecule has 12 heteroatoms. The van der Waals surface area contributed by atoms with Crippen LogP contribution in [0.3, 0.4) is 0 Å². The Morgan fingerprint density at radius 2 is 1.28 bits per heavy atom. The van der Waals surface area contributed by atoms with Crippen molar-refractivity contribution in [3.05, 3.63) is 0 Å². The highest BCUT2D eigenvalue weighted by Crippen LogP contribution is 2.01. The van der Waals surface area contributed by atoms with Crippen LogP contribution < -0.4 is 16.0 Å². The van der Waals surface area contributed by atoms with Gasteiger partial charge in [-0.15, -0.1) is 0 Å². The predicted molar refractivity (Wildman–Crippen MR) is 80.7 cm³/mol. The number of urea groups is 1. The van der Waals surface area contributed by atoms with E-state index in [2.05, 4.69) is 5.32 Å². The minimum atomic E-state index is -1.50. The normalized spacial score (nSPS) is 12.5. The number of aliphatic hydroxyl groups is 1. The van der Waals surface area contributed by atoms with E-state index in [1.807, 2.05) is 10.6 Å². The molecule has 0 aliphatic heterocycles. The standard InChI is InChI=1S/C13H21N3O9/c17-6-5-14-9(18)3-1-7(11(21)22)15-13(25)16-8(12(23)24)2-4-10(19)20/h7-8,17H,1-6H2,(H,14,18)(H,19,20)(H,21,22)(H,23,24)(H2,15,16,25)/t7-,8-/m0/s1. The molecule has 0 fully saturated rings. The summed E-state index contributed by atoms with van der Waals surface area (Å²) < 4.78 is 0. The third-order valence-electron chi connectivity index (χ3n) is 2.95. The smallest absolute Gasteiger partial charge is 0.326 e. The monoisotopic (exact) mass is 363 g/mol. The van der Waals surface area contributed by atoms with Crippen molar-refractivity contribution < 1.29 is 44.4 Å². The molecule has 0 bridgehead atoms. The lowest BCUT2D eigenvalue weighted by molar-refractivity contribution is -0.141. The van der Waals surface area contributed by atoms with Crippen LogP contribution in [0.1, 0.15) is 25.7 Å². The Morgan fingerprint density at radius 3 is 1.68 bits per heavy atom. The minimum Gasteiger partial charge on any atom is -0.481 e. The summed E-state index contributed by atoms with van der Waals surface area (Å²) in [4.78, 5) is 55.6. The molecule has 0 saturated heterocycles. The van der Waals surface area contributed by atoms with Gasteiger partial charge in [0.25, 0.3) is 0 Å². The lowest BCUT2D eigenvalue weighted by atomic mass is 10.1. The Labute approximate surface area is 142 Å². The molecule has 142 valence electrons. The fourth-order valence-electron chi connectivity index (χ4n) is 1.70. The number of carboxylic acids is 3. The van der Waals surface area contributed by atoms with E-state index in [9.17, 15) is 24.0 Å². The second-order valence-electron chi connectivity index (χ2n) is 4.94. The molecular formula is C13H21N3O9. The summed E-state index contributed by atoms with van der Waals surface area (Å²) in [6.07, 6.45) is -1.37. The number of aliphatic carboxylic acids is 3. The van der Waals surface area contributed by atoms with Crippen molar-refractivity contribution in [2.75, 3.05) is 13.2 Å². The van der Waals surface area contributed by atoms with Crippen LogP contribution in [0.2, 0.25) is 0 Å². The quantitative estimate of drug-likeness (QED) is 0.203. The molecule has 0 heterocycles. The van der Waals surface area contributed by atoms with E-state index in [0.717, 1.165) is 0 Å². The first-order valence-corrected chi connectivity index (χ1v) is 7.29. The number of rotatable bonds is 12. The van der Waals surface area contributed by atoms with Gasteiger partial charge in [-0.25, -0.2) is 14.4 Å². The number of carbonyl (C=O) groups is 5. The van der Waals surface area contributed by atoms with E-state index in [1.54, 1.807) is 0 Å². The molecule has 0 aliphatic carbocycles. The van der Waals surface area contributed by atoms with E-state index in [4.69, 9.17) is 20.4 Å². The first-order chi connectivity index (χ1) is 11.7. The molecule has 12 nitrogen and oxygen atoms in total. The number of carbonyl (C=O) groups excluding carboxylic acids is 2. The third kappa shape index (κ3) is 10.5. The van der Waals surface area contributed by atoms with Crippen LogP contribution in [-0.2, 0) is 19.2 Å². The van der Waals surface area contributed by atoms with Crippen molar-refractivity contribution in [2.45, 2.75) is 37.8 Å². The molecule has 0 rings (SSSR count). The van der Waals surface area contributed by atoms with Crippen molar-refractivity contribution >= 4 is 29.8 Å². The summed E-state index contributed by atoms with van der Waals surface area (Å²) >= 11 is 0. The van der Waals surface area contributed by atoms with Gasteiger partial charge in [0.15, 0.2) is 0 Å². The van der Waals surface area contributed by atoms with Gasteiger partial charge >= 0.3 is 23.9 Å². The van der Waals surface area contributed by atoms with E-state index in [0.29, 0.717) is 0 Å². The number of amides is 3. The first-order valence-electron chi connectivity index (χ1n) is 7.29. The lowest BCUT2D eigenvalue weighted by Gasteiger charge is -2.18. The second-order valence-corrected chi connectivity index (χ2v) is 4.94. The zero-order chi connectivity index (χ0) is 19.4. The Morgan fingerprint density at radius 1 is 0.800 bits per heavy atom. The van der Waals surface area contributed by atoms with Crippen LogP contribution in [0.25, 0.3) is 0 Å². The molecule has 25 heavy (non-hydrogen) atoms. The van der Waals surface area contributed by atoms with Gasteiger partial charge < -0.3 is 36.4 Å². The average Bonchev–Trinajstić information content (AvgIpc) is 2.52. The summed E-state index contributed by atoms with van der Waals surface area (Å²) in [6.45, 7) is -0.268. The van der Waals surface area contributed by atoms with Crippen LogP contribution in [-0.4, -0.2) is 75.5 Å². The van der Waals surface area contributed by atoms with Gasteiger partial charge in [-0.2, -0.15) is 0 Å². The molecule has 2 atom stereocenters. The summed E-state index contributed by atoms with van der Waals surface area (Å²) in [5.41, 5.74) is 0. The maximum Gasteiger partial charge on any atom is 0.326 e. The molecule has 0 aromatic heterocycles. The van der Waals surface area contributed by atoms with Crippen molar-refractivity contribution in [1.82, 2.24) is 16.0 Å². The minimum absolute atomic E-state index is 0.00829. The Hall–Kier alpha value is -2.89. The lowest BCUT2D eigenvalue weighted by Crippen LogP contribution is -2.51. The van der Waals surface area contributed by atoms with Gasteiger partial charge in [0, 0.05) is 19.4 Å². The first kappa shape index (κ1) is 22.1. The molecule has 0 aliphatic rings. The van der Waals surface area contributed by atoms with Crippen LogP contribution >= 0.6 is 0 Å². The second kappa shape index (κ2) is 11.6. The topological polar surface area (TPSA) is 202 Å². The van der Waals surface area contributed by atoms with E-state index in [-0.39, 0.29) is 32.4 Å². The number of carboxylic acid groups (broad SMARTS) is 3.